The predicted octanol–water partition coefficient (Wildman–Crippen LogP) is 3.38. The second-order valence-corrected chi connectivity index (χ2v) is 6.35. The minimum atomic E-state index is -0.741. The number of carboxylic acid groups (broad SMARTS) is 1. The van der Waals surface area contributed by atoms with Gasteiger partial charge >= 0.3 is 5.97 Å². The number of carbonyl (C=O) groups is 1. The molecule has 0 unspecified atom stereocenters. The molecule has 100 valence electrons. The predicted molar refractivity (Wildman–Crippen MR) is 76.5 cm³/mol. The van der Waals surface area contributed by atoms with Crippen LogP contribution in [0, 0.1) is 5.41 Å². The third kappa shape index (κ3) is 5.19. The van der Waals surface area contributed by atoms with E-state index in [1.807, 2.05) is 39.1 Å². The fourth-order valence-electron chi connectivity index (χ4n) is 2.17. The van der Waals surface area contributed by atoms with E-state index in [4.69, 9.17) is 5.11 Å². The van der Waals surface area contributed by atoms with Gasteiger partial charge in [-0.25, -0.2) is 0 Å². The summed E-state index contributed by atoms with van der Waals surface area (Å²) in [6.07, 6.45) is 0.188. The van der Waals surface area contributed by atoms with Crippen LogP contribution < -0.4 is 0 Å². The molecule has 1 N–H and O–H groups in total. The van der Waals surface area contributed by atoms with Crippen LogP contribution in [0.15, 0.2) is 28.7 Å². The summed E-state index contributed by atoms with van der Waals surface area (Å²) in [5.74, 6) is -0.741. The molecule has 18 heavy (non-hydrogen) atoms. The van der Waals surface area contributed by atoms with Crippen LogP contribution in [0.25, 0.3) is 0 Å². The number of rotatable bonds is 6. The Hall–Kier alpha value is -0.870. The van der Waals surface area contributed by atoms with Crippen molar-refractivity contribution < 1.29 is 9.90 Å². The molecule has 0 aliphatic carbocycles. The van der Waals surface area contributed by atoms with Crippen molar-refractivity contribution in [1.82, 2.24) is 4.90 Å². The Bertz CT molecular complexity index is 418. The first-order valence-corrected chi connectivity index (χ1v) is 6.73. The van der Waals surface area contributed by atoms with Gasteiger partial charge in [-0.3, -0.25) is 4.79 Å². The van der Waals surface area contributed by atoms with Crippen molar-refractivity contribution >= 4 is 21.9 Å². The van der Waals surface area contributed by atoms with Crippen molar-refractivity contribution in [3.05, 3.63) is 34.3 Å². The summed E-state index contributed by atoms with van der Waals surface area (Å²) < 4.78 is 1.09. The van der Waals surface area contributed by atoms with Gasteiger partial charge in [0, 0.05) is 17.6 Å². The molecule has 0 radical (unpaired) electrons. The molecule has 0 amide bonds. The zero-order valence-electron chi connectivity index (χ0n) is 11.1. The van der Waals surface area contributed by atoms with Gasteiger partial charge in [0.2, 0.25) is 0 Å². The molecule has 3 nitrogen and oxygen atoms in total. The molecule has 0 aliphatic heterocycles. The van der Waals surface area contributed by atoms with Crippen molar-refractivity contribution in [3.63, 3.8) is 0 Å². The maximum Gasteiger partial charge on any atom is 0.303 e. The molecule has 0 fully saturated rings. The van der Waals surface area contributed by atoms with Crippen molar-refractivity contribution in [2.45, 2.75) is 26.8 Å². The number of hydrogen-bond donors (Lipinski definition) is 1. The molecule has 0 heterocycles. The van der Waals surface area contributed by atoms with Gasteiger partial charge in [0.15, 0.2) is 0 Å². The molecule has 1 aromatic rings. The molecule has 0 aliphatic rings. The van der Waals surface area contributed by atoms with Gasteiger partial charge in [-0.05, 0) is 24.1 Å². The lowest BCUT2D eigenvalue weighted by atomic mass is 9.89. The highest BCUT2D eigenvalue weighted by Crippen LogP contribution is 2.23. The fourth-order valence-corrected chi connectivity index (χ4v) is 2.58. The van der Waals surface area contributed by atoms with Crippen LogP contribution in [-0.2, 0) is 11.3 Å². The van der Waals surface area contributed by atoms with Crippen LogP contribution in [0.2, 0.25) is 0 Å². The van der Waals surface area contributed by atoms with Gasteiger partial charge in [0.05, 0.1) is 6.42 Å². The van der Waals surface area contributed by atoms with Gasteiger partial charge in [-0.15, -0.1) is 0 Å². The smallest absolute Gasteiger partial charge is 0.303 e. The van der Waals surface area contributed by atoms with E-state index in [0.717, 1.165) is 17.6 Å². The molecular weight excluding hydrogens is 294 g/mol. The first kappa shape index (κ1) is 15.2. The Kier molecular flexibility index (Phi) is 5.35. The van der Waals surface area contributed by atoms with Crippen LogP contribution in [-0.4, -0.2) is 29.6 Å². The third-order valence-electron chi connectivity index (χ3n) is 2.73. The molecule has 1 aromatic carbocycles. The van der Waals surface area contributed by atoms with Crippen molar-refractivity contribution in [2.75, 3.05) is 13.6 Å². The molecule has 0 bridgehead atoms. The second-order valence-electron chi connectivity index (χ2n) is 5.50. The van der Waals surface area contributed by atoms with Crippen molar-refractivity contribution in [1.29, 1.82) is 0 Å². The minimum absolute atomic E-state index is 0.188. The molecule has 4 heteroatoms. The Morgan fingerprint density at radius 1 is 1.39 bits per heavy atom. The minimum Gasteiger partial charge on any atom is -0.481 e. The van der Waals surface area contributed by atoms with Crippen molar-refractivity contribution in [3.8, 4) is 0 Å². The summed E-state index contributed by atoms with van der Waals surface area (Å²) in [6, 6.07) is 8.09. The van der Waals surface area contributed by atoms with E-state index in [9.17, 15) is 4.79 Å². The Morgan fingerprint density at radius 3 is 2.56 bits per heavy atom. The highest BCUT2D eigenvalue weighted by atomic mass is 79.9. The fraction of sp³-hybridized carbons (Fsp3) is 0.500. The summed E-state index contributed by atoms with van der Waals surface area (Å²) >= 11 is 3.52. The van der Waals surface area contributed by atoms with E-state index < -0.39 is 5.97 Å². The highest BCUT2D eigenvalue weighted by Gasteiger charge is 2.23. The van der Waals surface area contributed by atoms with E-state index in [-0.39, 0.29) is 11.8 Å². The number of aliphatic carboxylic acids is 1. The lowest BCUT2D eigenvalue weighted by Gasteiger charge is -2.29. The van der Waals surface area contributed by atoms with E-state index >= 15 is 0 Å². The molecular formula is C14H20BrNO2. The maximum atomic E-state index is 10.8. The van der Waals surface area contributed by atoms with Gasteiger partial charge in [-0.2, -0.15) is 0 Å². The molecule has 0 atom stereocenters. The molecule has 0 saturated carbocycles. The molecule has 1 rings (SSSR count). The summed E-state index contributed by atoms with van der Waals surface area (Å²) in [7, 11) is 2.02. The number of hydrogen-bond acceptors (Lipinski definition) is 2. The normalized spacial score (nSPS) is 11.8. The summed E-state index contributed by atoms with van der Waals surface area (Å²) in [4.78, 5) is 12.9. The van der Waals surface area contributed by atoms with Gasteiger partial charge in [0.1, 0.15) is 0 Å². The van der Waals surface area contributed by atoms with Crippen molar-refractivity contribution in [2.24, 2.45) is 5.41 Å². The molecule has 0 saturated heterocycles. The number of benzene rings is 1. The van der Waals surface area contributed by atoms with E-state index in [1.165, 1.54) is 5.56 Å². The summed E-state index contributed by atoms with van der Waals surface area (Å²) in [5, 5.41) is 8.87. The first-order chi connectivity index (χ1) is 8.30. The average Bonchev–Trinajstić information content (AvgIpc) is 2.18. The van der Waals surface area contributed by atoms with E-state index in [0.29, 0.717) is 0 Å². The zero-order chi connectivity index (χ0) is 13.8. The van der Waals surface area contributed by atoms with Crippen LogP contribution in [0.1, 0.15) is 25.8 Å². The first-order valence-electron chi connectivity index (χ1n) is 5.94. The standard InChI is InChI=1S/C14H20BrNO2/c1-14(2,8-13(17)18)10-16(3)9-11-6-4-5-7-12(11)15/h4-7H,8-10H2,1-3H3,(H,17,18). The lowest BCUT2D eigenvalue weighted by molar-refractivity contribution is -0.139. The highest BCUT2D eigenvalue weighted by molar-refractivity contribution is 9.10. The Labute approximate surface area is 117 Å². The topological polar surface area (TPSA) is 40.5 Å². The summed E-state index contributed by atoms with van der Waals surface area (Å²) in [5.41, 5.74) is 0.994. The monoisotopic (exact) mass is 313 g/mol. The molecule has 0 spiro atoms. The quantitative estimate of drug-likeness (QED) is 0.875. The van der Waals surface area contributed by atoms with Gasteiger partial charge < -0.3 is 10.0 Å². The van der Waals surface area contributed by atoms with Crippen LogP contribution in [0.4, 0.5) is 0 Å². The largest absolute Gasteiger partial charge is 0.481 e. The number of nitrogens with zero attached hydrogens (tertiary/aromatic N) is 1. The maximum absolute atomic E-state index is 10.8. The van der Waals surface area contributed by atoms with Gasteiger partial charge in [-0.1, -0.05) is 48.0 Å². The van der Waals surface area contributed by atoms with Crippen LogP contribution >= 0.6 is 15.9 Å². The zero-order valence-corrected chi connectivity index (χ0v) is 12.7. The summed E-state index contributed by atoms with van der Waals surface area (Å²) in [6.45, 7) is 5.53. The third-order valence-corrected chi connectivity index (χ3v) is 3.50. The van der Waals surface area contributed by atoms with Crippen LogP contribution in [0.5, 0.6) is 0 Å². The average molecular weight is 314 g/mol. The Balaban J connectivity index is 2.59. The SMILES string of the molecule is CN(Cc1ccccc1Br)CC(C)(C)CC(=O)O. The number of carboxylic acids is 1. The lowest BCUT2D eigenvalue weighted by Crippen LogP contribution is -2.32. The van der Waals surface area contributed by atoms with E-state index in [2.05, 4.69) is 26.9 Å². The van der Waals surface area contributed by atoms with Gasteiger partial charge in [0.25, 0.3) is 0 Å². The van der Waals surface area contributed by atoms with E-state index in [1.54, 1.807) is 0 Å². The van der Waals surface area contributed by atoms with Crippen LogP contribution in [0.3, 0.4) is 0 Å². The second kappa shape index (κ2) is 6.34. The molecule has 0 aromatic heterocycles. The Morgan fingerprint density at radius 2 is 2.00 bits per heavy atom. The number of halogens is 1.